The fourth-order valence-corrected chi connectivity index (χ4v) is 1.92. The van der Waals surface area contributed by atoms with Crippen molar-refractivity contribution in [2.75, 3.05) is 14.2 Å². The van der Waals surface area contributed by atoms with Crippen molar-refractivity contribution in [1.29, 1.82) is 0 Å². The first-order chi connectivity index (χ1) is 7.78. The highest BCUT2D eigenvalue weighted by molar-refractivity contribution is 5.51. The third kappa shape index (κ3) is 2.69. The molecule has 0 fully saturated rings. The fourth-order valence-electron chi connectivity index (χ4n) is 1.92. The minimum atomic E-state index is 0.857. The van der Waals surface area contributed by atoms with Gasteiger partial charge in [-0.2, -0.15) is 0 Å². The van der Waals surface area contributed by atoms with Crippen molar-refractivity contribution in [3.8, 4) is 11.5 Å². The first-order valence-corrected chi connectivity index (χ1v) is 5.92. The van der Waals surface area contributed by atoms with Crippen LogP contribution in [0.1, 0.15) is 37.8 Å². The lowest BCUT2D eigenvalue weighted by Crippen LogP contribution is -2.00. The van der Waals surface area contributed by atoms with Crippen molar-refractivity contribution in [3.63, 3.8) is 0 Å². The van der Waals surface area contributed by atoms with Crippen molar-refractivity contribution in [2.24, 2.45) is 0 Å². The highest BCUT2D eigenvalue weighted by Gasteiger charge is 2.13. The molecule has 0 amide bonds. The highest BCUT2D eigenvalue weighted by Crippen LogP contribution is 2.35. The minimum Gasteiger partial charge on any atom is -0.493 e. The van der Waals surface area contributed by atoms with Crippen LogP contribution in [0.4, 0.5) is 0 Å². The SMILES string of the molecule is CCCc1[c]cc(CCC)c(OC)c1OC. The first kappa shape index (κ1) is 12.9. The molecule has 0 aliphatic rings. The van der Waals surface area contributed by atoms with Gasteiger partial charge >= 0.3 is 0 Å². The molecule has 89 valence electrons. The molecule has 0 atom stereocenters. The summed E-state index contributed by atoms with van der Waals surface area (Å²) in [5.41, 5.74) is 2.29. The Labute approximate surface area is 98.6 Å². The zero-order valence-corrected chi connectivity index (χ0v) is 10.7. The minimum absolute atomic E-state index is 0.857. The van der Waals surface area contributed by atoms with Crippen molar-refractivity contribution in [3.05, 3.63) is 23.3 Å². The summed E-state index contributed by atoms with van der Waals surface area (Å²) in [6.07, 6.45) is 4.16. The summed E-state index contributed by atoms with van der Waals surface area (Å²) in [5.74, 6) is 1.74. The first-order valence-electron chi connectivity index (χ1n) is 5.92. The third-order valence-electron chi connectivity index (χ3n) is 2.62. The number of ether oxygens (including phenoxy) is 2. The molecule has 0 saturated heterocycles. The summed E-state index contributed by atoms with van der Waals surface area (Å²) in [7, 11) is 3.40. The van der Waals surface area contributed by atoms with Gasteiger partial charge in [0.2, 0.25) is 0 Å². The van der Waals surface area contributed by atoms with Crippen LogP contribution in [0.5, 0.6) is 11.5 Å². The van der Waals surface area contributed by atoms with E-state index in [0.29, 0.717) is 0 Å². The third-order valence-corrected chi connectivity index (χ3v) is 2.62. The van der Waals surface area contributed by atoms with Crippen molar-refractivity contribution in [1.82, 2.24) is 0 Å². The molecule has 2 heteroatoms. The Morgan fingerprint density at radius 2 is 1.62 bits per heavy atom. The van der Waals surface area contributed by atoms with Crippen LogP contribution >= 0.6 is 0 Å². The van der Waals surface area contributed by atoms with Crippen LogP contribution in [-0.2, 0) is 12.8 Å². The van der Waals surface area contributed by atoms with E-state index in [1.54, 1.807) is 14.2 Å². The van der Waals surface area contributed by atoms with Crippen LogP contribution in [-0.4, -0.2) is 14.2 Å². The Morgan fingerprint density at radius 3 is 2.12 bits per heavy atom. The molecule has 0 aliphatic heterocycles. The van der Waals surface area contributed by atoms with E-state index in [-0.39, 0.29) is 0 Å². The summed E-state index contributed by atoms with van der Waals surface area (Å²) in [5, 5.41) is 0. The second kappa shape index (κ2) is 6.41. The number of benzene rings is 1. The second-order valence-corrected chi connectivity index (χ2v) is 3.86. The van der Waals surface area contributed by atoms with E-state index in [1.807, 2.05) is 6.07 Å². The molecule has 16 heavy (non-hydrogen) atoms. The largest absolute Gasteiger partial charge is 0.493 e. The lowest BCUT2D eigenvalue weighted by atomic mass is 10.0. The van der Waals surface area contributed by atoms with Gasteiger partial charge in [-0.3, -0.25) is 0 Å². The summed E-state index contributed by atoms with van der Waals surface area (Å²) >= 11 is 0. The molecular formula is C14H21O2. The Balaban J connectivity index is 3.16. The molecule has 1 radical (unpaired) electrons. The van der Waals surface area contributed by atoms with Gasteiger partial charge in [0.1, 0.15) is 0 Å². The zero-order valence-electron chi connectivity index (χ0n) is 10.7. The molecule has 0 unspecified atom stereocenters. The van der Waals surface area contributed by atoms with E-state index in [0.717, 1.165) is 42.7 Å². The quantitative estimate of drug-likeness (QED) is 0.733. The summed E-state index contributed by atoms with van der Waals surface area (Å²) in [6.45, 7) is 4.31. The van der Waals surface area contributed by atoms with Gasteiger partial charge in [0.05, 0.1) is 14.2 Å². The summed E-state index contributed by atoms with van der Waals surface area (Å²) in [6, 6.07) is 5.35. The Morgan fingerprint density at radius 1 is 1.00 bits per heavy atom. The topological polar surface area (TPSA) is 18.5 Å². The Hall–Kier alpha value is -1.18. The van der Waals surface area contributed by atoms with Crippen molar-refractivity contribution in [2.45, 2.75) is 39.5 Å². The van der Waals surface area contributed by atoms with E-state index in [9.17, 15) is 0 Å². The molecule has 0 spiro atoms. The van der Waals surface area contributed by atoms with Crippen molar-refractivity contribution < 1.29 is 9.47 Å². The Kier molecular flexibility index (Phi) is 5.17. The molecule has 1 rings (SSSR count). The maximum atomic E-state index is 5.46. The standard InChI is InChI=1S/C14H21O2/c1-5-7-11-9-10-12(8-6-2)14(16-4)13(11)15-3/h9H,5-8H2,1-4H3. The zero-order chi connectivity index (χ0) is 12.0. The van der Waals surface area contributed by atoms with Crippen LogP contribution in [0.2, 0.25) is 0 Å². The molecule has 0 aliphatic carbocycles. The second-order valence-electron chi connectivity index (χ2n) is 3.86. The highest BCUT2D eigenvalue weighted by atomic mass is 16.5. The molecule has 0 N–H and O–H groups in total. The molecular weight excluding hydrogens is 200 g/mol. The van der Waals surface area contributed by atoms with Crippen LogP contribution in [0.25, 0.3) is 0 Å². The van der Waals surface area contributed by atoms with Crippen molar-refractivity contribution >= 4 is 0 Å². The molecule has 0 heterocycles. The fraction of sp³-hybridized carbons (Fsp3) is 0.571. The van der Waals surface area contributed by atoms with E-state index < -0.39 is 0 Å². The average Bonchev–Trinajstić information content (AvgIpc) is 2.31. The average molecular weight is 221 g/mol. The molecule has 2 nitrogen and oxygen atoms in total. The Bertz CT molecular complexity index is 299. The predicted molar refractivity (Wildman–Crippen MR) is 66.4 cm³/mol. The van der Waals surface area contributed by atoms with Crippen LogP contribution in [0, 0.1) is 6.07 Å². The number of hydrogen-bond donors (Lipinski definition) is 0. The van der Waals surface area contributed by atoms with Gasteiger partial charge in [0.25, 0.3) is 0 Å². The van der Waals surface area contributed by atoms with E-state index in [2.05, 4.69) is 19.9 Å². The smallest absolute Gasteiger partial charge is 0.164 e. The van der Waals surface area contributed by atoms with Gasteiger partial charge < -0.3 is 9.47 Å². The maximum absolute atomic E-state index is 5.46. The monoisotopic (exact) mass is 221 g/mol. The van der Waals surface area contributed by atoms with Crippen LogP contribution in [0.15, 0.2) is 6.07 Å². The normalized spacial score (nSPS) is 10.2. The van der Waals surface area contributed by atoms with E-state index in [4.69, 9.17) is 9.47 Å². The lowest BCUT2D eigenvalue weighted by Gasteiger charge is -2.15. The van der Waals surface area contributed by atoms with Crippen LogP contribution in [0.3, 0.4) is 0 Å². The molecule has 0 bridgehead atoms. The number of methoxy groups -OCH3 is 2. The van der Waals surface area contributed by atoms with E-state index >= 15 is 0 Å². The van der Waals surface area contributed by atoms with Gasteiger partial charge in [0, 0.05) is 5.56 Å². The maximum Gasteiger partial charge on any atom is 0.164 e. The van der Waals surface area contributed by atoms with Gasteiger partial charge in [0.15, 0.2) is 11.5 Å². The number of aryl methyl sites for hydroxylation is 2. The molecule has 0 aromatic heterocycles. The number of rotatable bonds is 6. The lowest BCUT2D eigenvalue weighted by molar-refractivity contribution is 0.348. The molecule has 1 aromatic rings. The number of hydrogen-bond acceptors (Lipinski definition) is 2. The van der Waals surface area contributed by atoms with Crippen LogP contribution < -0.4 is 9.47 Å². The van der Waals surface area contributed by atoms with Gasteiger partial charge in [-0.1, -0.05) is 26.7 Å². The molecule has 0 saturated carbocycles. The van der Waals surface area contributed by atoms with E-state index in [1.165, 1.54) is 5.56 Å². The van der Waals surface area contributed by atoms with Gasteiger partial charge in [-0.25, -0.2) is 0 Å². The summed E-state index contributed by atoms with van der Waals surface area (Å²) in [4.78, 5) is 0. The summed E-state index contributed by atoms with van der Waals surface area (Å²) < 4.78 is 10.9. The predicted octanol–water partition coefficient (Wildman–Crippen LogP) is 3.41. The van der Waals surface area contributed by atoms with Gasteiger partial charge in [-0.15, -0.1) is 0 Å². The van der Waals surface area contributed by atoms with Gasteiger partial charge in [-0.05, 0) is 30.5 Å². The molecule has 1 aromatic carbocycles.